The summed E-state index contributed by atoms with van der Waals surface area (Å²) in [6, 6.07) is 2.24. The van der Waals surface area contributed by atoms with Crippen LogP contribution in [0.2, 0.25) is 0 Å². The third-order valence-corrected chi connectivity index (χ3v) is 2.43. The molecule has 0 aliphatic heterocycles. The zero-order chi connectivity index (χ0) is 10.7. The van der Waals surface area contributed by atoms with Crippen LogP contribution in [0.15, 0.2) is 12.1 Å². The van der Waals surface area contributed by atoms with E-state index in [1.54, 1.807) is 0 Å². The second-order valence-electron chi connectivity index (χ2n) is 3.68. The first-order chi connectivity index (χ1) is 6.54. The van der Waals surface area contributed by atoms with Crippen LogP contribution < -0.4 is 5.73 Å². The predicted octanol–water partition coefficient (Wildman–Crippen LogP) is 3.14. The van der Waals surface area contributed by atoms with Crippen molar-refractivity contribution in [3.63, 3.8) is 0 Å². The van der Waals surface area contributed by atoms with Crippen molar-refractivity contribution in [2.45, 2.75) is 26.7 Å². The Morgan fingerprint density at radius 1 is 1.29 bits per heavy atom. The molecular formula is C11H15F2N. The topological polar surface area (TPSA) is 26.0 Å². The van der Waals surface area contributed by atoms with Crippen LogP contribution >= 0.6 is 0 Å². The summed E-state index contributed by atoms with van der Waals surface area (Å²) in [5.41, 5.74) is 5.52. The SMILES string of the molecule is CCC(C)Cc1cc(F)c(N)cc1F. The minimum absolute atomic E-state index is 0.129. The second kappa shape index (κ2) is 4.40. The largest absolute Gasteiger partial charge is 0.396 e. The van der Waals surface area contributed by atoms with Crippen LogP contribution in [0.3, 0.4) is 0 Å². The molecule has 0 bridgehead atoms. The molecule has 14 heavy (non-hydrogen) atoms. The molecule has 0 spiro atoms. The van der Waals surface area contributed by atoms with Gasteiger partial charge in [0.15, 0.2) is 0 Å². The molecule has 2 N–H and O–H groups in total. The molecule has 0 saturated carbocycles. The van der Waals surface area contributed by atoms with Crippen LogP contribution in [-0.2, 0) is 6.42 Å². The van der Waals surface area contributed by atoms with Gasteiger partial charge in [-0.2, -0.15) is 0 Å². The molecule has 1 unspecified atom stereocenters. The lowest BCUT2D eigenvalue weighted by Gasteiger charge is -2.10. The van der Waals surface area contributed by atoms with Crippen LogP contribution in [0.25, 0.3) is 0 Å². The van der Waals surface area contributed by atoms with E-state index < -0.39 is 11.6 Å². The molecule has 0 aliphatic rings. The molecule has 0 aromatic heterocycles. The minimum atomic E-state index is -0.537. The van der Waals surface area contributed by atoms with Crippen LogP contribution in [0.1, 0.15) is 25.8 Å². The van der Waals surface area contributed by atoms with Crippen molar-refractivity contribution in [1.82, 2.24) is 0 Å². The van der Waals surface area contributed by atoms with Gasteiger partial charge in [0.2, 0.25) is 0 Å². The van der Waals surface area contributed by atoms with E-state index >= 15 is 0 Å². The van der Waals surface area contributed by atoms with E-state index in [2.05, 4.69) is 0 Å². The average molecular weight is 199 g/mol. The maximum absolute atomic E-state index is 13.3. The quantitative estimate of drug-likeness (QED) is 0.743. The van der Waals surface area contributed by atoms with Gasteiger partial charge in [0.25, 0.3) is 0 Å². The molecule has 1 atom stereocenters. The maximum Gasteiger partial charge on any atom is 0.146 e. The van der Waals surface area contributed by atoms with Gasteiger partial charge >= 0.3 is 0 Å². The highest BCUT2D eigenvalue weighted by Gasteiger charge is 2.10. The summed E-state index contributed by atoms with van der Waals surface area (Å²) in [5.74, 6) is -0.596. The van der Waals surface area contributed by atoms with Gasteiger partial charge < -0.3 is 5.73 Å². The number of nitrogen functional groups attached to an aromatic ring is 1. The van der Waals surface area contributed by atoms with Crippen molar-refractivity contribution in [3.05, 3.63) is 29.3 Å². The third kappa shape index (κ3) is 2.44. The first-order valence-corrected chi connectivity index (χ1v) is 4.78. The molecule has 0 radical (unpaired) electrons. The fraction of sp³-hybridized carbons (Fsp3) is 0.455. The molecule has 0 saturated heterocycles. The van der Waals surface area contributed by atoms with Crippen molar-refractivity contribution in [2.24, 2.45) is 5.92 Å². The number of hydrogen-bond donors (Lipinski definition) is 1. The Morgan fingerprint density at radius 2 is 1.93 bits per heavy atom. The maximum atomic E-state index is 13.3. The predicted molar refractivity (Wildman–Crippen MR) is 53.9 cm³/mol. The summed E-state index contributed by atoms with van der Waals surface area (Å²) >= 11 is 0. The average Bonchev–Trinajstić information content (AvgIpc) is 2.14. The van der Waals surface area contributed by atoms with Crippen molar-refractivity contribution in [2.75, 3.05) is 5.73 Å². The van der Waals surface area contributed by atoms with E-state index in [4.69, 9.17) is 5.73 Å². The molecule has 0 heterocycles. The Labute approximate surface area is 82.9 Å². The summed E-state index contributed by atoms with van der Waals surface area (Å²) in [4.78, 5) is 0. The number of rotatable bonds is 3. The van der Waals surface area contributed by atoms with Gasteiger partial charge in [0.05, 0.1) is 5.69 Å². The van der Waals surface area contributed by atoms with Crippen molar-refractivity contribution in [3.8, 4) is 0 Å². The fourth-order valence-corrected chi connectivity index (χ4v) is 1.28. The molecular weight excluding hydrogens is 184 g/mol. The highest BCUT2D eigenvalue weighted by molar-refractivity contribution is 5.42. The number of halogens is 2. The first kappa shape index (κ1) is 11.0. The van der Waals surface area contributed by atoms with Crippen molar-refractivity contribution >= 4 is 5.69 Å². The third-order valence-electron chi connectivity index (χ3n) is 2.43. The van der Waals surface area contributed by atoms with Gasteiger partial charge in [-0.25, -0.2) is 8.78 Å². The molecule has 1 rings (SSSR count). The Kier molecular flexibility index (Phi) is 3.44. The van der Waals surface area contributed by atoms with Gasteiger partial charge in [-0.1, -0.05) is 20.3 Å². The molecule has 0 amide bonds. The number of benzene rings is 1. The summed E-state index contributed by atoms with van der Waals surface area (Å²) in [6.07, 6.45) is 1.50. The minimum Gasteiger partial charge on any atom is -0.396 e. The Morgan fingerprint density at radius 3 is 2.50 bits per heavy atom. The summed E-state index contributed by atoms with van der Waals surface area (Å²) in [6.45, 7) is 4.03. The highest BCUT2D eigenvalue weighted by atomic mass is 19.1. The monoisotopic (exact) mass is 199 g/mol. The van der Waals surface area contributed by atoms with Crippen molar-refractivity contribution in [1.29, 1.82) is 0 Å². The lowest BCUT2D eigenvalue weighted by atomic mass is 9.98. The van der Waals surface area contributed by atoms with Gasteiger partial charge in [-0.15, -0.1) is 0 Å². The molecule has 3 heteroatoms. The molecule has 1 aromatic rings. The van der Waals surface area contributed by atoms with E-state index in [1.807, 2.05) is 13.8 Å². The normalized spacial score (nSPS) is 12.9. The smallest absolute Gasteiger partial charge is 0.146 e. The molecule has 0 aliphatic carbocycles. The van der Waals surface area contributed by atoms with Gasteiger partial charge in [0.1, 0.15) is 11.6 Å². The van der Waals surface area contributed by atoms with Crippen molar-refractivity contribution < 1.29 is 8.78 Å². The van der Waals surface area contributed by atoms with E-state index in [0.717, 1.165) is 12.5 Å². The van der Waals surface area contributed by atoms with E-state index in [9.17, 15) is 8.78 Å². The van der Waals surface area contributed by atoms with Crippen LogP contribution in [-0.4, -0.2) is 0 Å². The van der Waals surface area contributed by atoms with Crippen LogP contribution in [0.4, 0.5) is 14.5 Å². The van der Waals surface area contributed by atoms with Gasteiger partial charge in [-0.05, 0) is 24.0 Å². The lowest BCUT2D eigenvalue weighted by Crippen LogP contribution is -2.03. The first-order valence-electron chi connectivity index (χ1n) is 4.78. The molecule has 0 fully saturated rings. The lowest BCUT2D eigenvalue weighted by molar-refractivity contribution is 0.525. The van der Waals surface area contributed by atoms with E-state index in [1.165, 1.54) is 6.07 Å². The molecule has 78 valence electrons. The Bertz CT molecular complexity index is 323. The fourth-order valence-electron chi connectivity index (χ4n) is 1.28. The highest BCUT2D eigenvalue weighted by Crippen LogP contribution is 2.20. The number of nitrogens with two attached hydrogens (primary N) is 1. The zero-order valence-corrected chi connectivity index (χ0v) is 8.48. The Balaban J connectivity index is 2.92. The van der Waals surface area contributed by atoms with Crippen LogP contribution in [0.5, 0.6) is 0 Å². The van der Waals surface area contributed by atoms with E-state index in [-0.39, 0.29) is 5.69 Å². The zero-order valence-electron chi connectivity index (χ0n) is 8.48. The standard InChI is InChI=1S/C11H15F2N/c1-3-7(2)4-8-5-10(13)11(14)6-9(8)12/h5-7H,3-4,14H2,1-2H3. The summed E-state index contributed by atoms with van der Waals surface area (Å²) in [5, 5.41) is 0. The van der Waals surface area contributed by atoms with Gasteiger partial charge in [0, 0.05) is 6.07 Å². The molecule has 1 nitrogen and oxygen atoms in total. The van der Waals surface area contributed by atoms with Crippen LogP contribution in [0, 0.1) is 17.6 Å². The van der Waals surface area contributed by atoms with Gasteiger partial charge in [-0.3, -0.25) is 0 Å². The summed E-state index contributed by atoms with van der Waals surface area (Å²) in [7, 11) is 0. The summed E-state index contributed by atoms with van der Waals surface area (Å²) < 4.78 is 26.3. The second-order valence-corrected chi connectivity index (χ2v) is 3.68. The Hall–Kier alpha value is -1.12. The molecule has 1 aromatic carbocycles. The number of anilines is 1. The van der Waals surface area contributed by atoms with E-state index in [0.29, 0.717) is 17.9 Å². The number of hydrogen-bond acceptors (Lipinski definition) is 1.